The summed E-state index contributed by atoms with van der Waals surface area (Å²) in [5.41, 5.74) is 0.508. The van der Waals surface area contributed by atoms with Crippen LogP contribution in [0.1, 0.15) is 72.6 Å². The Bertz CT molecular complexity index is 182. The van der Waals surface area contributed by atoms with E-state index in [4.69, 9.17) is 4.74 Å². The van der Waals surface area contributed by atoms with Crippen molar-refractivity contribution in [3.8, 4) is 0 Å². The van der Waals surface area contributed by atoms with Crippen molar-refractivity contribution in [2.45, 2.75) is 78.7 Å². The van der Waals surface area contributed by atoms with Gasteiger partial charge >= 0.3 is 0 Å². The van der Waals surface area contributed by atoms with Gasteiger partial charge in [0.05, 0.1) is 0 Å². The van der Waals surface area contributed by atoms with E-state index in [0.717, 1.165) is 6.61 Å². The van der Waals surface area contributed by atoms with Crippen molar-refractivity contribution in [3.05, 3.63) is 0 Å². The van der Waals surface area contributed by atoms with Gasteiger partial charge in [0.1, 0.15) is 0 Å². The zero-order chi connectivity index (χ0) is 13.9. The minimum atomic E-state index is 0.508. The minimum absolute atomic E-state index is 0.508. The molecule has 0 aliphatic carbocycles. The Morgan fingerprint density at radius 2 is 1.72 bits per heavy atom. The Hall–Kier alpha value is -0.0800. The third-order valence-corrected chi connectivity index (χ3v) is 4.00. The first-order valence-corrected chi connectivity index (χ1v) is 7.82. The highest BCUT2D eigenvalue weighted by Crippen LogP contribution is 2.34. The molecule has 1 N–H and O–H groups in total. The van der Waals surface area contributed by atoms with Gasteiger partial charge in [0.2, 0.25) is 0 Å². The maximum atomic E-state index is 5.15. The van der Waals surface area contributed by atoms with Gasteiger partial charge in [0, 0.05) is 26.3 Å². The summed E-state index contributed by atoms with van der Waals surface area (Å²) in [7, 11) is 1.80. The molecule has 0 aliphatic heterocycles. The molecule has 0 aromatic heterocycles. The van der Waals surface area contributed by atoms with E-state index in [2.05, 4.69) is 33.0 Å². The van der Waals surface area contributed by atoms with Gasteiger partial charge in [-0.2, -0.15) is 0 Å². The molecule has 18 heavy (non-hydrogen) atoms. The summed E-state index contributed by atoms with van der Waals surface area (Å²) in [4.78, 5) is 0. The van der Waals surface area contributed by atoms with Crippen molar-refractivity contribution in [2.24, 2.45) is 5.41 Å². The van der Waals surface area contributed by atoms with Gasteiger partial charge in [-0.05, 0) is 31.1 Å². The Balaban J connectivity index is 4.24. The van der Waals surface area contributed by atoms with E-state index >= 15 is 0 Å². The average molecular weight is 257 g/mol. The van der Waals surface area contributed by atoms with E-state index in [9.17, 15) is 0 Å². The van der Waals surface area contributed by atoms with Crippen LogP contribution in [0.4, 0.5) is 0 Å². The molecule has 2 nitrogen and oxygen atoms in total. The summed E-state index contributed by atoms with van der Waals surface area (Å²) in [5.74, 6) is 0. The largest absolute Gasteiger partial charge is 0.385 e. The van der Waals surface area contributed by atoms with E-state index in [1.165, 1.54) is 51.5 Å². The molecule has 1 atom stereocenters. The van der Waals surface area contributed by atoms with Gasteiger partial charge in [-0.15, -0.1) is 0 Å². The number of hydrogen-bond acceptors (Lipinski definition) is 2. The zero-order valence-electron chi connectivity index (χ0n) is 13.3. The molecule has 0 spiro atoms. The number of ether oxygens (including phenoxy) is 1. The summed E-state index contributed by atoms with van der Waals surface area (Å²) < 4.78 is 5.15. The Morgan fingerprint density at radius 3 is 2.22 bits per heavy atom. The molecule has 0 rings (SSSR count). The first-order chi connectivity index (χ1) is 8.60. The average Bonchev–Trinajstić information content (AvgIpc) is 2.37. The lowest BCUT2D eigenvalue weighted by atomic mass is 9.76. The van der Waals surface area contributed by atoms with Gasteiger partial charge in [-0.1, -0.05) is 47.0 Å². The van der Waals surface area contributed by atoms with E-state index in [0.29, 0.717) is 11.5 Å². The first-order valence-electron chi connectivity index (χ1n) is 7.82. The fourth-order valence-electron chi connectivity index (χ4n) is 2.50. The molecular formula is C16H35NO. The van der Waals surface area contributed by atoms with E-state index in [1.54, 1.807) is 7.11 Å². The quantitative estimate of drug-likeness (QED) is 0.524. The summed E-state index contributed by atoms with van der Waals surface area (Å²) in [6, 6.07) is 0.594. The first kappa shape index (κ1) is 17.9. The van der Waals surface area contributed by atoms with E-state index in [-0.39, 0.29) is 0 Å². The van der Waals surface area contributed by atoms with Crippen molar-refractivity contribution < 1.29 is 4.74 Å². The van der Waals surface area contributed by atoms with E-state index < -0.39 is 0 Å². The Kier molecular flexibility index (Phi) is 10.8. The summed E-state index contributed by atoms with van der Waals surface area (Å²) in [6.07, 6.45) is 9.16. The van der Waals surface area contributed by atoms with Crippen LogP contribution in [0, 0.1) is 5.41 Å². The third kappa shape index (κ3) is 8.10. The smallest absolute Gasteiger partial charge is 0.0462 e. The molecule has 0 aromatic carbocycles. The molecule has 0 bridgehead atoms. The minimum Gasteiger partial charge on any atom is -0.385 e. The highest BCUT2D eigenvalue weighted by molar-refractivity contribution is 4.81. The molecule has 0 aromatic rings. The fourth-order valence-corrected chi connectivity index (χ4v) is 2.50. The highest BCUT2D eigenvalue weighted by atomic mass is 16.5. The van der Waals surface area contributed by atoms with Crippen LogP contribution >= 0.6 is 0 Å². The van der Waals surface area contributed by atoms with Gasteiger partial charge < -0.3 is 10.1 Å². The van der Waals surface area contributed by atoms with Gasteiger partial charge in [-0.3, -0.25) is 0 Å². The lowest BCUT2D eigenvalue weighted by Crippen LogP contribution is -2.37. The van der Waals surface area contributed by atoms with Gasteiger partial charge in [0.15, 0.2) is 0 Å². The van der Waals surface area contributed by atoms with Crippen LogP contribution in [-0.4, -0.2) is 26.3 Å². The second kappa shape index (κ2) is 10.8. The number of unbranched alkanes of at least 4 members (excludes halogenated alkanes) is 2. The molecule has 0 aliphatic rings. The molecule has 0 fully saturated rings. The van der Waals surface area contributed by atoms with Crippen LogP contribution in [0.15, 0.2) is 0 Å². The molecule has 0 saturated heterocycles. The standard InChI is InChI=1S/C16H35NO/c1-6-8-11-16(7-2,14-17-15(3)4)12-9-10-13-18-5/h15,17H,6-14H2,1-5H3. The monoisotopic (exact) mass is 257 g/mol. The van der Waals surface area contributed by atoms with Crippen LogP contribution < -0.4 is 5.32 Å². The zero-order valence-corrected chi connectivity index (χ0v) is 13.3. The van der Waals surface area contributed by atoms with Crippen molar-refractivity contribution in [1.82, 2.24) is 5.32 Å². The van der Waals surface area contributed by atoms with Gasteiger partial charge in [0.25, 0.3) is 0 Å². The summed E-state index contributed by atoms with van der Waals surface area (Å²) in [5, 5.41) is 3.66. The van der Waals surface area contributed by atoms with E-state index in [1.807, 2.05) is 0 Å². The topological polar surface area (TPSA) is 21.3 Å². The van der Waals surface area contributed by atoms with Crippen molar-refractivity contribution in [3.63, 3.8) is 0 Å². The SMILES string of the molecule is CCCCC(CC)(CCCCOC)CNC(C)C. The summed E-state index contributed by atoms with van der Waals surface area (Å²) >= 11 is 0. The van der Waals surface area contributed by atoms with Crippen molar-refractivity contribution in [1.29, 1.82) is 0 Å². The molecular weight excluding hydrogens is 222 g/mol. The second-order valence-corrected chi connectivity index (χ2v) is 5.94. The fraction of sp³-hybridized carbons (Fsp3) is 1.00. The number of hydrogen-bond donors (Lipinski definition) is 1. The van der Waals surface area contributed by atoms with Crippen molar-refractivity contribution in [2.75, 3.05) is 20.3 Å². The molecule has 0 amide bonds. The number of nitrogens with one attached hydrogen (secondary N) is 1. The number of methoxy groups -OCH3 is 1. The molecule has 1 unspecified atom stereocenters. The Labute approximate surface area is 115 Å². The molecule has 2 heteroatoms. The Morgan fingerprint density at radius 1 is 1.06 bits per heavy atom. The van der Waals surface area contributed by atoms with Gasteiger partial charge in [-0.25, -0.2) is 0 Å². The lowest BCUT2D eigenvalue weighted by molar-refractivity contribution is 0.168. The molecule has 110 valence electrons. The molecule has 0 heterocycles. The van der Waals surface area contributed by atoms with Crippen LogP contribution in [-0.2, 0) is 4.74 Å². The highest BCUT2D eigenvalue weighted by Gasteiger charge is 2.26. The number of rotatable bonds is 12. The van der Waals surface area contributed by atoms with Crippen LogP contribution in [0.3, 0.4) is 0 Å². The molecule has 0 radical (unpaired) electrons. The van der Waals surface area contributed by atoms with Crippen LogP contribution in [0.25, 0.3) is 0 Å². The van der Waals surface area contributed by atoms with Crippen LogP contribution in [0.5, 0.6) is 0 Å². The lowest BCUT2D eigenvalue weighted by Gasteiger charge is -2.34. The van der Waals surface area contributed by atoms with Crippen molar-refractivity contribution >= 4 is 0 Å². The second-order valence-electron chi connectivity index (χ2n) is 5.94. The predicted octanol–water partition coefficient (Wildman–Crippen LogP) is 4.39. The maximum absolute atomic E-state index is 5.15. The predicted molar refractivity (Wildman–Crippen MR) is 81.1 cm³/mol. The summed E-state index contributed by atoms with van der Waals surface area (Å²) in [6.45, 7) is 11.2. The van der Waals surface area contributed by atoms with Crippen LogP contribution in [0.2, 0.25) is 0 Å². The third-order valence-electron chi connectivity index (χ3n) is 4.00. The molecule has 0 saturated carbocycles. The maximum Gasteiger partial charge on any atom is 0.0462 e. The normalized spacial score (nSPS) is 15.0.